The molecule has 0 radical (unpaired) electrons. The molecule has 3 rings (SSSR count). The van der Waals surface area contributed by atoms with Crippen molar-refractivity contribution < 1.29 is 9.53 Å². The van der Waals surface area contributed by atoms with Crippen LogP contribution in [0.4, 0.5) is 5.69 Å². The van der Waals surface area contributed by atoms with Gasteiger partial charge in [0, 0.05) is 22.9 Å². The van der Waals surface area contributed by atoms with Gasteiger partial charge in [0.25, 0.3) is 0 Å². The number of nitrogens with one attached hydrogen (secondary N) is 1. The number of rotatable bonds is 4. The minimum Gasteiger partial charge on any atom is -0.439 e. The van der Waals surface area contributed by atoms with Crippen molar-refractivity contribution in [3.05, 3.63) is 54.1 Å². The zero-order chi connectivity index (χ0) is 19.6. The van der Waals surface area contributed by atoms with Crippen LogP contribution in [0.15, 0.2) is 42.7 Å². The molecule has 1 N–H and O–H groups in total. The fraction of sp³-hybridized carbons (Fsp3) is 0.300. The van der Waals surface area contributed by atoms with Gasteiger partial charge in [-0.2, -0.15) is 5.10 Å². The summed E-state index contributed by atoms with van der Waals surface area (Å²) in [7, 11) is 0. The number of nitrogens with zero attached hydrogens (tertiary/aromatic N) is 4. The van der Waals surface area contributed by atoms with Crippen molar-refractivity contribution in [3.8, 4) is 17.4 Å². The first kappa shape index (κ1) is 18.6. The lowest BCUT2D eigenvalue weighted by Gasteiger charge is -2.17. The first-order valence-corrected chi connectivity index (χ1v) is 8.67. The number of benzene rings is 1. The minimum atomic E-state index is -0.449. The SMILES string of the molecule is Cc1cc(C)n(-c2cc(Oc3ccc(NC(=O)C(C)(C)C)cc3)ncn2)n1. The molecule has 0 saturated carbocycles. The number of amides is 1. The molecule has 0 atom stereocenters. The Hall–Kier alpha value is -3.22. The molecule has 0 unspecified atom stereocenters. The van der Waals surface area contributed by atoms with Crippen LogP contribution in [0, 0.1) is 19.3 Å². The van der Waals surface area contributed by atoms with Gasteiger partial charge in [0.15, 0.2) is 5.82 Å². The summed E-state index contributed by atoms with van der Waals surface area (Å²) in [6.07, 6.45) is 1.44. The van der Waals surface area contributed by atoms with E-state index in [0.717, 1.165) is 11.4 Å². The Bertz CT molecular complexity index is 955. The molecule has 1 aromatic carbocycles. The van der Waals surface area contributed by atoms with E-state index in [0.29, 0.717) is 23.1 Å². The Balaban J connectivity index is 1.73. The maximum atomic E-state index is 12.0. The molecule has 27 heavy (non-hydrogen) atoms. The standard InChI is InChI=1S/C20H23N5O2/c1-13-10-14(2)25(24-13)17-11-18(22-12-21-17)27-16-8-6-15(7-9-16)23-19(26)20(3,4)5/h6-12H,1-5H3,(H,23,26). The summed E-state index contributed by atoms with van der Waals surface area (Å²) in [5, 5.41) is 7.30. The maximum absolute atomic E-state index is 12.0. The minimum absolute atomic E-state index is 0.0403. The van der Waals surface area contributed by atoms with Gasteiger partial charge in [0.2, 0.25) is 11.8 Å². The number of aryl methyl sites for hydroxylation is 2. The average molecular weight is 365 g/mol. The van der Waals surface area contributed by atoms with E-state index in [4.69, 9.17) is 4.74 Å². The second-order valence-electron chi connectivity index (χ2n) is 7.38. The Kier molecular flexibility index (Phi) is 4.94. The Labute approximate surface area is 158 Å². The van der Waals surface area contributed by atoms with Crippen LogP contribution in [0.3, 0.4) is 0 Å². The topological polar surface area (TPSA) is 81.9 Å². The van der Waals surface area contributed by atoms with Crippen molar-refractivity contribution >= 4 is 11.6 Å². The Morgan fingerprint density at radius 3 is 2.37 bits per heavy atom. The Morgan fingerprint density at radius 1 is 1.07 bits per heavy atom. The summed E-state index contributed by atoms with van der Waals surface area (Å²) in [5.41, 5.74) is 2.17. The molecule has 0 fully saturated rings. The fourth-order valence-corrected chi connectivity index (χ4v) is 2.41. The number of anilines is 1. The quantitative estimate of drug-likeness (QED) is 0.754. The predicted octanol–water partition coefficient (Wildman–Crippen LogP) is 4.06. The number of hydrogen-bond acceptors (Lipinski definition) is 5. The molecule has 3 aromatic rings. The Morgan fingerprint density at radius 2 is 1.78 bits per heavy atom. The highest BCUT2D eigenvalue weighted by molar-refractivity contribution is 5.94. The molecular formula is C20H23N5O2. The van der Waals surface area contributed by atoms with E-state index < -0.39 is 5.41 Å². The molecule has 0 bridgehead atoms. The van der Waals surface area contributed by atoms with Crippen LogP contribution in [0.1, 0.15) is 32.2 Å². The molecule has 2 heterocycles. The van der Waals surface area contributed by atoms with Gasteiger partial charge < -0.3 is 10.1 Å². The second kappa shape index (κ2) is 7.19. The predicted molar refractivity (Wildman–Crippen MR) is 103 cm³/mol. The van der Waals surface area contributed by atoms with Gasteiger partial charge in [-0.15, -0.1) is 0 Å². The third-order valence-corrected chi connectivity index (χ3v) is 3.87. The van der Waals surface area contributed by atoms with Gasteiger partial charge >= 0.3 is 0 Å². The lowest BCUT2D eigenvalue weighted by molar-refractivity contribution is -0.123. The molecule has 2 aromatic heterocycles. The van der Waals surface area contributed by atoms with Crippen molar-refractivity contribution in [2.75, 3.05) is 5.32 Å². The van der Waals surface area contributed by atoms with Crippen LogP contribution in [-0.2, 0) is 4.79 Å². The van der Waals surface area contributed by atoms with Crippen molar-refractivity contribution in [1.29, 1.82) is 0 Å². The first-order chi connectivity index (χ1) is 12.7. The van der Waals surface area contributed by atoms with Crippen molar-refractivity contribution in [2.24, 2.45) is 5.41 Å². The third-order valence-electron chi connectivity index (χ3n) is 3.87. The lowest BCUT2D eigenvalue weighted by Crippen LogP contribution is -2.27. The van der Waals surface area contributed by atoms with Gasteiger partial charge in [-0.1, -0.05) is 20.8 Å². The van der Waals surface area contributed by atoms with Crippen molar-refractivity contribution in [1.82, 2.24) is 19.7 Å². The fourth-order valence-electron chi connectivity index (χ4n) is 2.41. The van der Waals surface area contributed by atoms with Crippen LogP contribution in [0.5, 0.6) is 11.6 Å². The summed E-state index contributed by atoms with van der Waals surface area (Å²) in [6.45, 7) is 9.51. The molecule has 0 aliphatic heterocycles. The van der Waals surface area contributed by atoms with E-state index in [1.807, 2.05) is 40.7 Å². The van der Waals surface area contributed by atoms with Gasteiger partial charge in [-0.05, 0) is 44.2 Å². The molecule has 140 valence electrons. The van der Waals surface area contributed by atoms with E-state index in [1.54, 1.807) is 35.0 Å². The zero-order valence-corrected chi connectivity index (χ0v) is 16.1. The molecule has 0 spiro atoms. The second-order valence-corrected chi connectivity index (χ2v) is 7.38. The summed E-state index contributed by atoms with van der Waals surface area (Å²) in [4.78, 5) is 20.5. The zero-order valence-electron chi connectivity index (χ0n) is 16.1. The van der Waals surface area contributed by atoms with E-state index in [-0.39, 0.29) is 5.91 Å². The van der Waals surface area contributed by atoms with Gasteiger partial charge in [0.05, 0.1) is 5.69 Å². The lowest BCUT2D eigenvalue weighted by atomic mass is 9.95. The first-order valence-electron chi connectivity index (χ1n) is 8.67. The summed E-state index contributed by atoms with van der Waals surface area (Å²) in [6, 6.07) is 10.9. The maximum Gasteiger partial charge on any atom is 0.229 e. The van der Waals surface area contributed by atoms with Crippen LogP contribution in [0.25, 0.3) is 5.82 Å². The number of carbonyl (C=O) groups excluding carboxylic acids is 1. The van der Waals surface area contributed by atoms with E-state index in [2.05, 4.69) is 20.4 Å². The van der Waals surface area contributed by atoms with E-state index >= 15 is 0 Å². The third kappa shape index (κ3) is 4.49. The number of hydrogen-bond donors (Lipinski definition) is 1. The van der Waals surface area contributed by atoms with Gasteiger partial charge in [-0.25, -0.2) is 14.6 Å². The van der Waals surface area contributed by atoms with Crippen LogP contribution in [0.2, 0.25) is 0 Å². The monoisotopic (exact) mass is 365 g/mol. The normalized spacial score (nSPS) is 11.3. The summed E-state index contributed by atoms with van der Waals surface area (Å²) in [5.74, 6) is 1.63. The molecule has 7 heteroatoms. The van der Waals surface area contributed by atoms with Crippen LogP contribution >= 0.6 is 0 Å². The number of ether oxygens (including phenoxy) is 1. The van der Waals surface area contributed by atoms with Crippen molar-refractivity contribution in [2.45, 2.75) is 34.6 Å². The number of aromatic nitrogens is 4. The molecular weight excluding hydrogens is 342 g/mol. The summed E-state index contributed by atoms with van der Waals surface area (Å²) < 4.78 is 7.55. The average Bonchev–Trinajstić information content (AvgIpc) is 2.94. The molecule has 0 aliphatic carbocycles. The number of carbonyl (C=O) groups is 1. The molecule has 7 nitrogen and oxygen atoms in total. The van der Waals surface area contributed by atoms with Gasteiger partial charge in [-0.3, -0.25) is 4.79 Å². The molecule has 1 amide bonds. The smallest absolute Gasteiger partial charge is 0.229 e. The highest BCUT2D eigenvalue weighted by Crippen LogP contribution is 2.24. The highest BCUT2D eigenvalue weighted by Gasteiger charge is 2.21. The highest BCUT2D eigenvalue weighted by atomic mass is 16.5. The van der Waals surface area contributed by atoms with Gasteiger partial charge in [0.1, 0.15) is 12.1 Å². The van der Waals surface area contributed by atoms with Crippen LogP contribution < -0.4 is 10.1 Å². The summed E-state index contributed by atoms with van der Waals surface area (Å²) >= 11 is 0. The molecule has 0 saturated heterocycles. The largest absolute Gasteiger partial charge is 0.439 e. The molecule has 0 aliphatic rings. The van der Waals surface area contributed by atoms with Crippen molar-refractivity contribution in [3.63, 3.8) is 0 Å². The van der Waals surface area contributed by atoms with E-state index in [9.17, 15) is 4.79 Å². The van der Waals surface area contributed by atoms with E-state index in [1.165, 1.54) is 6.33 Å². The van der Waals surface area contributed by atoms with Crippen LogP contribution in [-0.4, -0.2) is 25.7 Å².